The largest absolute Gasteiger partial charge is 0.352 e. The van der Waals surface area contributed by atoms with E-state index in [0.29, 0.717) is 5.69 Å². The molecule has 0 aliphatic carbocycles. The van der Waals surface area contributed by atoms with Crippen LogP contribution in [0.4, 0.5) is 15.8 Å². The minimum Gasteiger partial charge on any atom is -0.352 e. The Labute approximate surface area is 122 Å². The SMILES string of the molecule is C[Si](C)(C)c1ccc(Nc2ccc(Br)nc2)c(F)c1. The molecule has 0 spiro atoms. The maximum Gasteiger partial charge on any atom is 0.146 e. The Kier molecular flexibility index (Phi) is 4.06. The highest BCUT2D eigenvalue weighted by molar-refractivity contribution is 9.10. The number of hydrogen-bond donors (Lipinski definition) is 1. The van der Waals surface area contributed by atoms with Crippen LogP contribution >= 0.6 is 15.9 Å². The lowest BCUT2D eigenvalue weighted by Gasteiger charge is -2.17. The van der Waals surface area contributed by atoms with E-state index in [1.165, 1.54) is 0 Å². The predicted octanol–water partition coefficient (Wildman–Crippen LogP) is 4.27. The average molecular weight is 339 g/mol. The fourth-order valence-corrected chi connectivity index (χ4v) is 3.07. The summed E-state index contributed by atoms with van der Waals surface area (Å²) in [4.78, 5) is 4.10. The minimum absolute atomic E-state index is 0.220. The molecule has 1 heterocycles. The molecule has 0 atom stereocenters. The molecule has 2 nitrogen and oxygen atoms in total. The maximum absolute atomic E-state index is 14.1. The Hall–Kier alpha value is -1.20. The summed E-state index contributed by atoms with van der Waals surface area (Å²) in [5, 5.41) is 4.15. The van der Waals surface area contributed by atoms with Gasteiger partial charge in [-0.2, -0.15) is 0 Å². The van der Waals surface area contributed by atoms with E-state index in [1.54, 1.807) is 18.3 Å². The van der Waals surface area contributed by atoms with Crippen molar-refractivity contribution in [3.05, 3.63) is 46.9 Å². The van der Waals surface area contributed by atoms with Crippen molar-refractivity contribution in [2.24, 2.45) is 0 Å². The lowest BCUT2D eigenvalue weighted by atomic mass is 10.3. The molecule has 0 radical (unpaired) electrons. The molecule has 0 amide bonds. The molecule has 2 rings (SSSR count). The fraction of sp³-hybridized carbons (Fsp3) is 0.214. The van der Waals surface area contributed by atoms with Crippen LogP contribution in [0.3, 0.4) is 0 Å². The average Bonchev–Trinajstić information content (AvgIpc) is 2.33. The molecule has 2 aromatic rings. The molecule has 19 heavy (non-hydrogen) atoms. The fourth-order valence-electron chi connectivity index (χ4n) is 1.69. The number of rotatable bonds is 3. The zero-order chi connectivity index (χ0) is 14.0. The van der Waals surface area contributed by atoms with E-state index >= 15 is 0 Å². The van der Waals surface area contributed by atoms with Crippen molar-refractivity contribution in [3.63, 3.8) is 0 Å². The molecule has 1 aromatic heterocycles. The number of nitrogens with zero attached hydrogens (tertiary/aromatic N) is 1. The number of nitrogens with one attached hydrogen (secondary N) is 1. The van der Waals surface area contributed by atoms with E-state index in [-0.39, 0.29) is 5.82 Å². The van der Waals surface area contributed by atoms with Crippen LogP contribution in [-0.4, -0.2) is 13.1 Å². The normalized spacial score (nSPS) is 11.4. The smallest absolute Gasteiger partial charge is 0.146 e. The second-order valence-corrected chi connectivity index (χ2v) is 11.3. The topological polar surface area (TPSA) is 24.9 Å². The van der Waals surface area contributed by atoms with Crippen LogP contribution < -0.4 is 10.5 Å². The lowest BCUT2D eigenvalue weighted by Crippen LogP contribution is -2.37. The molecule has 0 bridgehead atoms. The van der Waals surface area contributed by atoms with Crippen molar-refractivity contribution < 1.29 is 4.39 Å². The van der Waals surface area contributed by atoms with Crippen LogP contribution in [0.15, 0.2) is 41.1 Å². The van der Waals surface area contributed by atoms with Crippen LogP contribution in [-0.2, 0) is 0 Å². The van der Waals surface area contributed by atoms with Crippen LogP contribution in [0.5, 0.6) is 0 Å². The first-order valence-electron chi connectivity index (χ1n) is 6.05. The second-order valence-electron chi connectivity index (χ2n) is 5.44. The first-order chi connectivity index (χ1) is 8.86. The molecule has 5 heteroatoms. The molecular weight excluding hydrogens is 323 g/mol. The molecule has 0 saturated heterocycles. The summed E-state index contributed by atoms with van der Waals surface area (Å²) >= 11 is 3.27. The number of hydrogen-bond acceptors (Lipinski definition) is 2. The quantitative estimate of drug-likeness (QED) is 0.667. The Bertz CT molecular complexity index is 579. The maximum atomic E-state index is 14.1. The third kappa shape index (κ3) is 3.64. The van der Waals surface area contributed by atoms with Crippen LogP contribution in [0.2, 0.25) is 19.6 Å². The van der Waals surface area contributed by atoms with Crippen molar-refractivity contribution in [2.45, 2.75) is 19.6 Å². The molecule has 0 aliphatic rings. The molecule has 0 unspecified atom stereocenters. The predicted molar refractivity (Wildman–Crippen MR) is 84.6 cm³/mol. The van der Waals surface area contributed by atoms with E-state index in [2.05, 4.69) is 45.9 Å². The highest BCUT2D eigenvalue weighted by Crippen LogP contribution is 2.20. The highest BCUT2D eigenvalue weighted by atomic mass is 79.9. The molecule has 0 fully saturated rings. The van der Waals surface area contributed by atoms with Gasteiger partial charge in [0.05, 0.1) is 25.6 Å². The zero-order valence-electron chi connectivity index (χ0n) is 11.2. The zero-order valence-corrected chi connectivity index (χ0v) is 13.8. The molecule has 1 aromatic carbocycles. The van der Waals surface area contributed by atoms with Crippen LogP contribution in [0.25, 0.3) is 0 Å². The van der Waals surface area contributed by atoms with Gasteiger partial charge in [-0.1, -0.05) is 30.9 Å². The van der Waals surface area contributed by atoms with Gasteiger partial charge in [0.1, 0.15) is 10.4 Å². The number of aromatic nitrogens is 1. The Balaban J connectivity index is 2.24. The van der Waals surface area contributed by atoms with Gasteiger partial charge in [-0.25, -0.2) is 9.37 Å². The number of benzene rings is 1. The van der Waals surface area contributed by atoms with Gasteiger partial charge in [0, 0.05) is 0 Å². The summed E-state index contributed by atoms with van der Waals surface area (Å²) in [5.74, 6) is -0.220. The summed E-state index contributed by atoms with van der Waals surface area (Å²) in [5.41, 5.74) is 1.24. The van der Waals surface area contributed by atoms with Crippen LogP contribution in [0.1, 0.15) is 0 Å². The van der Waals surface area contributed by atoms with E-state index in [1.807, 2.05) is 18.2 Å². The Morgan fingerprint density at radius 2 is 1.89 bits per heavy atom. The number of halogens is 2. The van der Waals surface area contributed by atoms with E-state index in [0.717, 1.165) is 15.5 Å². The Morgan fingerprint density at radius 3 is 2.42 bits per heavy atom. The van der Waals surface area contributed by atoms with Crippen molar-refractivity contribution in [3.8, 4) is 0 Å². The number of anilines is 2. The highest BCUT2D eigenvalue weighted by Gasteiger charge is 2.17. The van der Waals surface area contributed by atoms with E-state index in [9.17, 15) is 4.39 Å². The molecule has 1 N–H and O–H groups in total. The van der Waals surface area contributed by atoms with Gasteiger partial charge in [0.25, 0.3) is 0 Å². The van der Waals surface area contributed by atoms with Gasteiger partial charge in [-0.15, -0.1) is 0 Å². The minimum atomic E-state index is -1.47. The summed E-state index contributed by atoms with van der Waals surface area (Å²) in [6.07, 6.45) is 1.66. The Morgan fingerprint density at radius 1 is 1.16 bits per heavy atom. The van der Waals surface area contributed by atoms with Crippen molar-refractivity contribution in [1.29, 1.82) is 0 Å². The molecular formula is C14H16BrFN2Si. The standard InChI is InChI=1S/C14H16BrFN2Si/c1-19(2,3)11-5-6-13(12(16)8-11)18-10-4-7-14(15)17-9-10/h4-9,18H,1-3H3. The third-order valence-corrected chi connectivity index (χ3v) is 5.35. The van der Waals surface area contributed by atoms with Gasteiger partial charge >= 0.3 is 0 Å². The van der Waals surface area contributed by atoms with Gasteiger partial charge in [0.15, 0.2) is 0 Å². The van der Waals surface area contributed by atoms with Crippen LogP contribution in [0, 0.1) is 5.82 Å². The van der Waals surface area contributed by atoms with Gasteiger partial charge in [0.2, 0.25) is 0 Å². The van der Waals surface area contributed by atoms with Crippen molar-refractivity contribution in [2.75, 3.05) is 5.32 Å². The summed E-state index contributed by atoms with van der Waals surface area (Å²) in [6.45, 7) is 6.61. The molecule has 0 saturated carbocycles. The van der Waals surface area contributed by atoms with Gasteiger partial charge in [-0.05, 0) is 40.2 Å². The first-order valence-corrected chi connectivity index (χ1v) is 10.3. The van der Waals surface area contributed by atoms with Gasteiger partial charge in [-0.3, -0.25) is 0 Å². The third-order valence-electron chi connectivity index (χ3n) is 2.84. The first kappa shape index (κ1) is 14.2. The van der Waals surface area contributed by atoms with E-state index in [4.69, 9.17) is 0 Å². The summed E-state index contributed by atoms with van der Waals surface area (Å²) < 4.78 is 14.8. The summed E-state index contributed by atoms with van der Waals surface area (Å²) in [6, 6.07) is 9.11. The monoisotopic (exact) mass is 338 g/mol. The second kappa shape index (κ2) is 5.42. The van der Waals surface area contributed by atoms with Crippen molar-refractivity contribution >= 4 is 40.6 Å². The summed E-state index contributed by atoms with van der Waals surface area (Å²) in [7, 11) is -1.47. The van der Waals surface area contributed by atoms with Gasteiger partial charge < -0.3 is 5.32 Å². The molecule has 0 aliphatic heterocycles. The van der Waals surface area contributed by atoms with E-state index < -0.39 is 8.07 Å². The van der Waals surface area contributed by atoms with Crippen molar-refractivity contribution in [1.82, 2.24) is 4.98 Å². The lowest BCUT2D eigenvalue weighted by molar-refractivity contribution is 0.633. The molecule has 100 valence electrons. The number of pyridine rings is 1.